The van der Waals surface area contributed by atoms with E-state index in [1.165, 1.54) is 12.4 Å². The number of benzene rings is 2. The molecule has 0 bridgehead atoms. The molecular formula is C28H32N4O6. The predicted octanol–water partition coefficient (Wildman–Crippen LogP) is 4.94. The largest absolute Gasteiger partial charge is 0.494 e. The number of carbonyl (C=O) groups is 2. The first-order valence-electron chi connectivity index (χ1n) is 12.0. The Bertz CT molecular complexity index is 1070. The van der Waals surface area contributed by atoms with Gasteiger partial charge in [0.25, 0.3) is 0 Å². The molecular weight excluding hydrogens is 488 g/mol. The molecule has 0 spiro atoms. The SMILES string of the molecule is CCOC(=O)/C(C#N)=C\Nc1ccc(OCC)cc1.CCOC(=O)/C(C#N)=C\Nc1ccc(OCC)cc1. The molecule has 0 aliphatic rings. The molecule has 0 fully saturated rings. The number of nitriles is 2. The molecule has 0 amide bonds. The van der Waals surface area contributed by atoms with Crippen LogP contribution in [0.4, 0.5) is 11.4 Å². The van der Waals surface area contributed by atoms with Gasteiger partial charge < -0.3 is 29.6 Å². The molecule has 38 heavy (non-hydrogen) atoms. The summed E-state index contributed by atoms with van der Waals surface area (Å²) in [6.45, 7) is 8.88. The molecule has 2 rings (SSSR count). The summed E-state index contributed by atoms with van der Waals surface area (Å²) >= 11 is 0. The summed E-state index contributed by atoms with van der Waals surface area (Å²) in [5.74, 6) is 0.262. The average Bonchev–Trinajstić information content (AvgIpc) is 2.92. The van der Waals surface area contributed by atoms with E-state index < -0.39 is 11.9 Å². The summed E-state index contributed by atoms with van der Waals surface area (Å²) < 4.78 is 20.1. The van der Waals surface area contributed by atoms with Crippen molar-refractivity contribution in [1.82, 2.24) is 0 Å². The van der Waals surface area contributed by atoms with Crippen LogP contribution in [0.15, 0.2) is 72.1 Å². The number of hydrogen-bond acceptors (Lipinski definition) is 10. The number of rotatable bonds is 12. The molecule has 0 aliphatic heterocycles. The first-order valence-corrected chi connectivity index (χ1v) is 12.0. The van der Waals surface area contributed by atoms with Crippen LogP contribution in [-0.2, 0) is 19.1 Å². The van der Waals surface area contributed by atoms with Crippen LogP contribution < -0.4 is 20.1 Å². The minimum atomic E-state index is -0.636. The van der Waals surface area contributed by atoms with E-state index in [4.69, 9.17) is 29.5 Å². The Morgan fingerprint density at radius 2 is 1.00 bits per heavy atom. The third-order valence-corrected chi connectivity index (χ3v) is 4.33. The van der Waals surface area contributed by atoms with Gasteiger partial charge in [0.05, 0.1) is 26.4 Å². The minimum Gasteiger partial charge on any atom is -0.494 e. The quantitative estimate of drug-likeness (QED) is 0.224. The third kappa shape index (κ3) is 11.6. The van der Waals surface area contributed by atoms with Crippen molar-refractivity contribution in [2.45, 2.75) is 27.7 Å². The molecule has 0 saturated carbocycles. The number of esters is 2. The lowest BCUT2D eigenvalue weighted by Gasteiger charge is -2.05. The van der Waals surface area contributed by atoms with Crippen LogP contribution in [0.5, 0.6) is 11.5 Å². The second-order valence-electron chi connectivity index (χ2n) is 6.98. The van der Waals surface area contributed by atoms with Gasteiger partial charge in [-0.25, -0.2) is 9.59 Å². The Morgan fingerprint density at radius 1 is 0.658 bits per heavy atom. The van der Waals surface area contributed by atoms with Crippen molar-refractivity contribution in [2.75, 3.05) is 37.1 Å². The van der Waals surface area contributed by atoms with Gasteiger partial charge in [0, 0.05) is 23.8 Å². The van der Waals surface area contributed by atoms with Gasteiger partial charge in [-0.1, -0.05) is 0 Å². The maximum Gasteiger partial charge on any atom is 0.350 e. The van der Waals surface area contributed by atoms with Gasteiger partial charge in [-0.3, -0.25) is 0 Å². The molecule has 2 aromatic carbocycles. The average molecular weight is 521 g/mol. The predicted molar refractivity (Wildman–Crippen MR) is 143 cm³/mol. The highest BCUT2D eigenvalue weighted by atomic mass is 16.5. The first-order chi connectivity index (χ1) is 18.4. The summed E-state index contributed by atoms with van der Waals surface area (Å²) in [6.07, 6.45) is 2.65. The second-order valence-corrected chi connectivity index (χ2v) is 6.98. The lowest BCUT2D eigenvalue weighted by Crippen LogP contribution is -2.07. The molecule has 0 unspecified atom stereocenters. The van der Waals surface area contributed by atoms with E-state index in [1.54, 1.807) is 74.5 Å². The topological polar surface area (TPSA) is 143 Å². The highest BCUT2D eigenvalue weighted by Gasteiger charge is 2.09. The van der Waals surface area contributed by atoms with Gasteiger partial charge >= 0.3 is 11.9 Å². The standard InChI is InChI=1S/2C14H16N2O3/c2*1-3-18-13-7-5-12(6-8-13)16-10-11(9-15)14(17)19-4-2/h2*5-8,10,16H,3-4H2,1-2H3/b2*11-10-. The van der Waals surface area contributed by atoms with Crippen molar-refractivity contribution < 1.29 is 28.5 Å². The van der Waals surface area contributed by atoms with Gasteiger partial charge in [-0.2, -0.15) is 10.5 Å². The molecule has 0 heterocycles. The van der Waals surface area contributed by atoms with Gasteiger partial charge in [0.1, 0.15) is 23.6 Å². The molecule has 10 heteroatoms. The maximum atomic E-state index is 11.4. The Kier molecular flexibility index (Phi) is 15.0. The summed E-state index contributed by atoms with van der Waals surface area (Å²) in [6, 6.07) is 18.0. The molecule has 0 atom stereocenters. The molecule has 0 saturated heterocycles. The van der Waals surface area contributed by atoms with E-state index in [1.807, 2.05) is 13.8 Å². The Labute approximate surface area is 223 Å². The van der Waals surface area contributed by atoms with Crippen molar-refractivity contribution in [1.29, 1.82) is 10.5 Å². The number of nitrogens with zero attached hydrogens (tertiary/aromatic N) is 2. The van der Waals surface area contributed by atoms with Crippen LogP contribution in [0, 0.1) is 22.7 Å². The van der Waals surface area contributed by atoms with Gasteiger partial charge in [-0.05, 0) is 76.2 Å². The molecule has 200 valence electrons. The zero-order valence-corrected chi connectivity index (χ0v) is 21.9. The van der Waals surface area contributed by atoms with Crippen LogP contribution in [0.25, 0.3) is 0 Å². The van der Waals surface area contributed by atoms with Crippen LogP contribution in [-0.4, -0.2) is 38.4 Å². The summed E-state index contributed by atoms with van der Waals surface area (Å²) in [7, 11) is 0. The van der Waals surface area contributed by atoms with Gasteiger partial charge in [0.2, 0.25) is 0 Å². The van der Waals surface area contributed by atoms with Crippen molar-refractivity contribution in [3.8, 4) is 23.6 Å². The fourth-order valence-electron chi connectivity index (χ4n) is 2.63. The third-order valence-electron chi connectivity index (χ3n) is 4.33. The van der Waals surface area contributed by atoms with Crippen LogP contribution in [0.1, 0.15) is 27.7 Å². The maximum absolute atomic E-state index is 11.4. The van der Waals surface area contributed by atoms with Gasteiger partial charge in [-0.15, -0.1) is 0 Å². The van der Waals surface area contributed by atoms with Crippen molar-refractivity contribution >= 4 is 23.3 Å². The number of ether oxygens (including phenoxy) is 4. The van der Waals surface area contributed by atoms with Gasteiger partial charge in [0.15, 0.2) is 11.1 Å². The van der Waals surface area contributed by atoms with E-state index in [-0.39, 0.29) is 24.4 Å². The second kappa shape index (κ2) is 18.3. The molecule has 10 nitrogen and oxygen atoms in total. The zero-order valence-electron chi connectivity index (χ0n) is 21.9. The fraction of sp³-hybridized carbons (Fsp3) is 0.286. The number of hydrogen-bond donors (Lipinski definition) is 2. The van der Waals surface area contributed by atoms with E-state index in [2.05, 4.69) is 10.6 Å². The molecule has 0 aliphatic carbocycles. The Balaban J connectivity index is 0.000000380. The Hall–Kier alpha value is -4.96. The normalized spacial score (nSPS) is 10.5. The van der Waals surface area contributed by atoms with Crippen molar-refractivity contribution in [3.63, 3.8) is 0 Å². The summed E-state index contributed by atoms with van der Waals surface area (Å²) in [5, 5.41) is 23.4. The highest BCUT2D eigenvalue weighted by molar-refractivity contribution is 5.93. The van der Waals surface area contributed by atoms with E-state index in [0.717, 1.165) is 22.9 Å². The van der Waals surface area contributed by atoms with E-state index in [9.17, 15) is 9.59 Å². The van der Waals surface area contributed by atoms with E-state index in [0.29, 0.717) is 13.2 Å². The smallest absolute Gasteiger partial charge is 0.350 e. The monoisotopic (exact) mass is 520 g/mol. The minimum absolute atomic E-state index is 0.0734. The van der Waals surface area contributed by atoms with Crippen molar-refractivity contribution in [2.24, 2.45) is 0 Å². The fourth-order valence-corrected chi connectivity index (χ4v) is 2.63. The van der Waals surface area contributed by atoms with E-state index >= 15 is 0 Å². The first kappa shape index (κ1) is 31.1. The zero-order chi connectivity index (χ0) is 28.2. The lowest BCUT2D eigenvalue weighted by atomic mass is 10.3. The number of nitrogens with one attached hydrogen (secondary N) is 2. The number of carbonyl (C=O) groups excluding carboxylic acids is 2. The molecule has 2 N–H and O–H groups in total. The van der Waals surface area contributed by atoms with Crippen LogP contribution >= 0.6 is 0 Å². The number of anilines is 2. The summed E-state index contributed by atoms with van der Waals surface area (Å²) in [4.78, 5) is 22.7. The Morgan fingerprint density at radius 3 is 1.26 bits per heavy atom. The molecule has 0 aromatic heterocycles. The summed E-state index contributed by atoms with van der Waals surface area (Å²) in [5.41, 5.74) is 1.35. The lowest BCUT2D eigenvalue weighted by molar-refractivity contribution is -0.138. The van der Waals surface area contributed by atoms with Crippen molar-refractivity contribution in [3.05, 3.63) is 72.1 Å². The van der Waals surface area contributed by atoms with Crippen LogP contribution in [0.3, 0.4) is 0 Å². The molecule has 2 aromatic rings. The highest BCUT2D eigenvalue weighted by Crippen LogP contribution is 2.17. The molecule has 0 radical (unpaired) electrons. The van der Waals surface area contributed by atoms with Crippen LogP contribution in [0.2, 0.25) is 0 Å².